The van der Waals surface area contributed by atoms with Gasteiger partial charge >= 0.3 is 0 Å². The lowest BCUT2D eigenvalue weighted by molar-refractivity contribution is -0.384. The van der Waals surface area contributed by atoms with Gasteiger partial charge in [-0.2, -0.15) is 0 Å². The molecule has 3 rings (SSSR count). The van der Waals surface area contributed by atoms with Gasteiger partial charge in [0.2, 0.25) is 0 Å². The van der Waals surface area contributed by atoms with E-state index in [0.717, 1.165) is 16.1 Å². The van der Waals surface area contributed by atoms with Gasteiger partial charge in [0.05, 0.1) is 15.5 Å². The van der Waals surface area contributed by atoms with Crippen molar-refractivity contribution in [2.75, 3.05) is 0 Å². The second-order valence-electron chi connectivity index (χ2n) is 3.94. The summed E-state index contributed by atoms with van der Waals surface area (Å²) in [4.78, 5) is 15.8. The molecule has 0 saturated heterocycles. The fraction of sp³-hybridized carbons (Fsp3) is 0. The Bertz CT molecular complexity index is 668. The minimum atomic E-state index is -0.413. The van der Waals surface area contributed by atoms with E-state index in [9.17, 15) is 10.1 Å². The molecular weight excluding hydrogens is 262 g/mol. The van der Waals surface area contributed by atoms with Crippen molar-refractivity contribution in [1.29, 1.82) is 0 Å². The first-order valence-corrected chi connectivity index (χ1v) is 6.41. The standard InChI is InChI=1S/C13H9N3O2S/c17-16(18)10-7-5-9(6-8-10)13-14-11-3-1-2-4-12(11)19-15-13/h1-8H,(H,14,15). The molecule has 1 aliphatic heterocycles. The highest BCUT2D eigenvalue weighted by Crippen LogP contribution is 2.31. The number of aliphatic imine (C=N–C) groups is 1. The van der Waals surface area contributed by atoms with Crippen LogP contribution in [-0.2, 0) is 0 Å². The summed E-state index contributed by atoms with van der Waals surface area (Å²) >= 11 is 1.49. The summed E-state index contributed by atoms with van der Waals surface area (Å²) in [5.41, 5.74) is 1.81. The topological polar surface area (TPSA) is 67.5 Å². The largest absolute Gasteiger partial charge is 0.310 e. The summed E-state index contributed by atoms with van der Waals surface area (Å²) in [6.45, 7) is 0. The number of rotatable bonds is 2. The van der Waals surface area contributed by atoms with Gasteiger partial charge in [-0.3, -0.25) is 10.1 Å². The summed E-state index contributed by atoms with van der Waals surface area (Å²) in [6, 6.07) is 14.2. The minimum absolute atomic E-state index is 0.0770. The number of hydrogen-bond acceptors (Lipinski definition) is 5. The van der Waals surface area contributed by atoms with Gasteiger partial charge in [0, 0.05) is 17.7 Å². The maximum absolute atomic E-state index is 10.6. The number of para-hydroxylation sites is 1. The molecule has 1 aliphatic rings. The number of benzene rings is 2. The molecule has 5 nitrogen and oxygen atoms in total. The van der Waals surface area contributed by atoms with Crippen LogP contribution in [0.4, 0.5) is 11.4 Å². The first kappa shape index (κ1) is 11.7. The van der Waals surface area contributed by atoms with E-state index in [1.807, 2.05) is 24.3 Å². The van der Waals surface area contributed by atoms with Gasteiger partial charge in [0.1, 0.15) is 5.84 Å². The lowest BCUT2D eigenvalue weighted by atomic mass is 10.2. The van der Waals surface area contributed by atoms with Crippen LogP contribution >= 0.6 is 11.9 Å². The van der Waals surface area contributed by atoms with Crippen LogP contribution in [0.2, 0.25) is 0 Å². The van der Waals surface area contributed by atoms with Crippen molar-refractivity contribution in [3.05, 3.63) is 64.2 Å². The first-order chi connectivity index (χ1) is 9.24. The monoisotopic (exact) mass is 271 g/mol. The van der Waals surface area contributed by atoms with Gasteiger partial charge in [0.15, 0.2) is 0 Å². The molecular formula is C13H9N3O2S. The van der Waals surface area contributed by atoms with Crippen molar-refractivity contribution < 1.29 is 4.92 Å². The lowest BCUT2D eigenvalue weighted by Crippen LogP contribution is -2.19. The van der Waals surface area contributed by atoms with Gasteiger partial charge in [-0.25, -0.2) is 4.99 Å². The molecule has 0 saturated carbocycles. The van der Waals surface area contributed by atoms with Crippen LogP contribution in [0, 0.1) is 10.1 Å². The second-order valence-corrected chi connectivity index (χ2v) is 4.78. The van der Waals surface area contributed by atoms with Gasteiger partial charge in [-0.15, -0.1) is 0 Å². The molecule has 19 heavy (non-hydrogen) atoms. The number of nitrogens with one attached hydrogen (secondary N) is 1. The fourth-order valence-electron chi connectivity index (χ4n) is 1.75. The SMILES string of the molecule is O=[N+]([O-])c1ccc(C2=Nc3ccccc3SN2)cc1. The Balaban J connectivity index is 1.95. The Hall–Kier alpha value is -2.34. The van der Waals surface area contributed by atoms with E-state index in [2.05, 4.69) is 9.71 Å². The van der Waals surface area contributed by atoms with Crippen LogP contribution in [0.15, 0.2) is 58.4 Å². The maximum atomic E-state index is 10.6. The van der Waals surface area contributed by atoms with Crippen molar-refractivity contribution in [3.8, 4) is 0 Å². The van der Waals surface area contributed by atoms with Crippen molar-refractivity contribution in [1.82, 2.24) is 4.72 Å². The molecule has 0 aromatic heterocycles. The Morgan fingerprint density at radius 1 is 1.11 bits per heavy atom. The third-order valence-corrected chi connectivity index (χ3v) is 3.57. The molecule has 0 spiro atoms. The summed E-state index contributed by atoms with van der Waals surface area (Å²) < 4.78 is 3.14. The van der Waals surface area contributed by atoms with E-state index in [1.165, 1.54) is 24.1 Å². The molecule has 1 heterocycles. The molecule has 6 heteroatoms. The minimum Gasteiger partial charge on any atom is -0.310 e. The summed E-state index contributed by atoms with van der Waals surface area (Å²) in [6.07, 6.45) is 0. The second kappa shape index (κ2) is 4.74. The van der Waals surface area contributed by atoms with Crippen LogP contribution in [-0.4, -0.2) is 10.8 Å². The Kier molecular flexibility index (Phi) is 2.92. The number of fused-ring (bicyclic) bond motifs is 1. The van der Waals surface area contributed by atoms with E-state index in [0.29, 0.717) is 5.84 Å². The molecule has 2 aromatic carbocycles. The zero-order valence-electron chi connectivity index (χ0n) is 9.74. The van der Waals surface area contributed by atoms with E-state index in [1.54, 1.807) is 12.1 Å². The van der Waals surface area contributed by atoms with Gasteiger partial charge < -0.3 is 4.72 Å². The van der Waals surface area contributed by atoms with Gasteiger partial charge in [-0.1, -0.05) is 12.1 Å². The molecule has 94 valence electrons. The number of nitro benzene ring substituents is 1. The average molecular weight is 271 g/mol. The van der Waals surface area contributed by atoms with Gasteiger partial charge in [-0.05, 0) is 36.2 Å². The molecule has 1 N–H and O–H groups in total. The smallest absolute Gasteiger partial charge is 0.269 e. The predicted molar refractivity (Wildman–Crippen MR) is 74.7 cm³/mol. The Morgan fingerprint density at radius 3 is 2.58 bits per heavy atom. The number of nitrogens with zero attached hydrogens (tertiary/aromatic N) is 2. The lowest BCUT2D eigenvalue weighted by Gasteiger charge is -2.16. The van der Waals surface area contributed by atoms with Crippen molar-refractivity contribution in [2.45, 2.75) is 4.90 Å². The number of non-ortho nitro benzene ring substituents is 1. The molecule has 0 amide bonds. The van der Waals surface area contributed by atoms with Crippen LogP contribution < -0.4 is 4.72 Å². The highest BCUT2D eigenvalue weighted by atomic mass is 32.2. The maximum Gasteiger partial charge on any atom is 0.269 e. The summed E-state index contributed by atoms with van der Waals surface area (Å²) in [5, 5.41) is 10.6. The molecule has 0 fully saturated rings. The van der Waals surface area contributed by atoms with Crippen LogP contribution in [0.5, 0.6) is 0 Å². The Labute approximate surface area is 113 Å². The highest BCUT2D eigenvalue weighted by Gasteiger charge is 2.14. The molecule has 0 bridgehead atoms. The van der Waals surface area contributed by atoms with Gasteiger partial charge in [0.25, 0.3) is 5.69 Å². The highest BCUT2D eigenvalue weighted by molar-refractivity contribution is 7.98. The third kappa shape index (κ3) is 2.30. The molecule has 0 atom stereocenters. The zero-order valence-corrected chi connectivity index (χ0v) is 10.6. The van der Waals surface area contributed by atoms with E-state index >= 15 is 0 Å². The van der Waals surface area contributed by atoms with Crippen LogP contribution in [0.1, 0.15) is 5.56 Å². The van der Waals surface area contributed by atoms with Crippen molar-refractivity contribution in [3.63, 3.8) is 0 Å². The first-order valence-electron chi connectivity index (χ1n) is 5.59. The Morgan fingerprint density at radius 2 is 1.84 bits per heavy atom. The van der Waals surface area contributed by atoms with Crippen LogP contribution in [0.3, 0.4) is 0 Å². The van der Waals surface area contributed by atoms with E-state index in [-0.39, 0.29) is 5.69 Å². The number of nitro groups is 1. The van der Waals surface area contributed by atoms with Crippen molar-refractivity contribution >= 4 is 29.2 Å². The summed E-state index contributed by atoms with van der Waals surface area (Å²) in [7, 11) is 0. The normalized spacial score (nSPS) is 13.2. The molecule has 0 unspecified atom stereocenters. The van der Waals surface area contributed by atoms with Crippen LogP contribution in [0.25, 0.3) is 0 Å². The van der Waals surface area contributed by atoms with E-state index in [4.69, 9.17) is 0 Å². The third-order valence-electron chi connectivity index (χ3n) is 2.71. The molecule has 0 radical (unpaired) electrons. The number of amidine groups is 1. The molecule has 0 aliphatic carbocycles. The zero-order chi connectivity index (χ0) is 13.2. The van der Waals surface area contributed by atoms with E-state index < -0.39 is 4.92 Å². The van der Waals surface area contributed by atoms with Crippen molar-refractivity contribution in [2.24, 2.45) is 4.99 Å². The quantitative estimate of drug-likeness (QED) is 0.517. The number of hydrogen-bond donors (Lipinski definition) is 1. The molecule has 2 aromatic rings. The fourth-order valence-corrected chi connectivity index (χ4v) is 2.48. The summed E-state index contributed by atoms with van der Waals surface area (Å²) in [5.74, 6) is 0.707. The average Bonchev–Trinajstić information content (AvgIpc) is 2.47. The predicted octanol–water partition coefficient (Wildman–Crippen LogP) is 3.28.